The van der Waals surface area contributed by atoms with E-state index in [-0.39, 0.29) is 11.4 Å². The molecule has 7 heteroatoms. The normalized spacial score (nSPS) is 15.9. The van der Waals surface area contributed by atoms with Crippen LogP contribution in [0.1, 0.15) is 5.56 Å². The maximum Gasteiger partial charge on any atom is 0.267 e. The number of nitrogen functional groups attached to an aromatic ring is 1. The quantitative estimate of drug-likeness (QED) is 0.907. The molecule has 20 heavy (non-hydrogen) atoms. The fraction of sp³-hybridized carbons (Fsp3) is 0.0769. The van der Waals surface area contributed by atoms with Crippen LogP contribution in [-0.2, 0) is 16.6 Å². The smallest absolute Gasteiger partial charge is 0.267 e. The Morgan fingerprint density at radius 2 is 2.00 bits per heavy atom. The second kappa shape index (κ2) is 4.61. The lowest BCUT2D eigenvalue weighted by Crippen LogP contribution is -2.31. The summed E-state index contributed by atoms with van der Waals surface area (Å²) in [5, 5.41) is 0. The van der Waals surface area contributed by atoms with Crippen LogP contribution in [0.5, 0.6) is 0 Å². The molecule has 1 aliphatic rings. The molecule has 2 heterocycles. The summed E-state index contributed by atoms with van der Waals surface area (Å²) in [4.78, 5) is 8.26. The van der Waals surface area contributed by atoms with E-state index in [1.807, 2.05) is 0 Å². The molecule has 0 atom stereocenters. The topological polar surface area (TPSA) is 88.6 Å². The Kier molecular flexibility index (Phi) is 2.90. The molecule has 0 aliphatic carbocycles. The lowest BCUT2D eigenvalue weighted by atomic mass is 10.2. The monoisotopic (exact) mass is 288 g/mol. The number of fused-ring (bicyclic) bond motifs is 1. The first-order chi connectivity index (χ1) is 9.57. The molecule has 0 saturated heterocycles. The third-order valence-electron chi connectivity index (χ3n) is 2.96. The molecule has 0 fully saturated rings. The van der Waals surface area contributed by atoms with Crippen LogP contribution < -0.4 is 5.73 Å². The Hall–Kier alpha value is -2.41. The van der Waals surface area contributed by atoms with Gasteiger partial charge in [0.05, 0.1) is 12.2 Å². The predicted octanol–water partition coefficient (Wildman–Crippen LogP) is 1.53. The van der Waals surface area contributed by atoms with Gasteiger partial charge in [-0.1, -0.05) is 12.1 Å². The number of sulfonamides is 1. The Labute approximate surface area is 116 Å². The highest BCUT2D eigenvalue weighted by Gasteiger charge is 2.28. The molecule has 0 unspecified atom stereocenters. The van der Waals surface area contributed by atoms with Crippen LogP contribution in [0.4, 0.5) is 11.5 Å². The molecule has 0 radical (unpaired) electrons. The number of aliphatic imine (C=N–C) groups is 1. The summed E-state index contributed by atoms with van der Waals surface area (Å²) in [5.41, 5.74) is 6.81. The molecule has 0 saturated carbocycles. The number of para-hydroxylation sites is 1. The zero-order valence-corrected chi connectivity index (χ0v) is 11.3. The van der Waals surface area contributed by atoms with Crippen LogP contribution in [0.15, 0.2) is 52.5 Å². The van der Waals surface area contributed by atoms with Gasteiger partial charge in [-0.15, -0.1) is 0 Å². The van der Waals surface area contributed by atoms with Crippen molar-refractivity contribution in [3.8, 4) is 0 Å². The summed E-state index contributed by atoms with van der Waals surface area (Å²) in [7, 11) is -3.57. The number of nitrogens with zero attached hydrogens (tertiary/aromatic N) is 3. The van der Waals surface area contributed by atoms with E-state index in [1.54, 1.807) is 42.6 Å². The van der Waals surface area contributed by atoms with Crippen molar-refractivity contribution in [2.24, 2.45) is 4.99 Å². The third kappa shape index (κ3) is 2.12. The van der Waals surface area contributed by atoms with Gasteiger partial charge in [-0.05, 0) is 29.8 Å². The van der Waals surface area contributed by atoms with Gasteiger partial charge in [0.25, 0.3) is 10.0 Å². The number of anilines is 1. The van der Waals surface area contributed by atoms with Crippen LogP contribution in [0.3, 0.4) is 0 Å². The van der Waals surface area contributed by atoms with Gasteiger partial charge in [-0.3, -0.25) is 4.31 Å². The third-order valence-corrected chi connectivity index (χ3v) is 4.70. The molecule has 102 valence electrons. The standard InChI is InChI=1S/C13H12N4O2S/c14-13-7-10(5-6-15-13)8-17-9-16-11-3-1-2-4-12(11)20(17,18)19/h1-7,9H,8H2,(H2,14,15). The van der Waals surface area contributed by atoms with Gasteiger partial charge in [0, 0.05) is 6.20 Å². The SMILES string of the molecule is Nc1cc(CN2C=Nc3ccccc3S2(=O)=O)ccn1. The van der Waals surface area contributed by atoms with E-state index in [9.17, 15) is 8.42 Å². The average Bonchev–Trinajstić information content (AvgIpc) is 2.42. The van der Waals surface area contributed by atoms with Crippen LogP contribution in [0.25, 0.3) is 0 Å². The van der Waals surface area contributed by atoms with E-state index < -0.39 is 10.0 Å². The van der Waals surface area contributed by atoms with E-state index in [0.717, 1.165) is 5.56 Å². The van der Waals surface area contributed by atoms with Gasteiger partial charge in [-0.2, -0.15) is 0 Å². The Bertz CT molecular complexity index is 786. The van der Waals surface area contributed by atoms with Crippen molar-refractivity contribution in [2.75, 3.05) is 5.73 Å². The van der Waals surface area contributed by atoms with Crippen molar-refractivity contribution in [1.29, 1.82) is 0 Å². The van der Waals surface area contributed by atoms with E-state index in [4.69, 9.17) is 5.73 Å². The van der Waals surface area contributed by atoms with E-state index in [1.165, 1.54) is 10.6 Å². The highest BCUT2D eigenvalue weighted by Crippen LogP contribution is 2.30. The van der Waals surface area contributed by atoms with E-state index in [0.29, 0.717) is 11.5 Å². The van der Waals surface area contributed by atoms with Crippen molar-refractivity contribution in [2.45, 2.75) is 11.4 Å². The summed E-state index contributed by atoms with van der Waals surface area (Å²) in [6.07, 6.45) is 2.88. The van der Waals surface area contributed by atoms with Gasteiger partial charge in [0.15, 0.2) is 0 Å². The maximum atomic E-state index is 12.5. The molecular weight excluding hydrogens is 276 g/mol. The molecule has 1 aliphatic heterocycles. The second-order valence-corrected chi connectivity index (χ2v) is 6.21. The number of hydrogen-bond acceptors (Lipinski definition) is 5. The summed E-state index contributed by atoms with van der Waals surface area (Å²) in [6.45, 7) is 0.173. The Morgan fingerprint density at radius 3 is 2.80 bits per heavy atom. The average molecular weight is 288 g/mol. The first kappa shape index (κ1) is 12.6. The summed E-state index contributed by atoms with van der Waals surface area (Å²) < 4.78 is 26.2. The molecule has 6 nitrogen and oxygen atoms in total. The minimum Gasteiger partial charge on any atom is -0.384 e. The lowest BCUT2D eigenvalue weighted by Gasteiger charge is -2.24. The lowest BCUT2D eigenvalue weighted by molar-refractivity contribution is 0.521. The second-order valence-electron chi connectivity index (χ2n) is 4.35. The zero-order chi connectivity index (χ0) is 14.2. The van der Waals surface area contributed by atoms with Gasteiger partial charge >= 0.3 is 0 Å². The van der Waals surface area contributed by atoms with Crippen LogP contribution in [0.2, 0.25) is 0 Å². The van der Waals surface area contributed by atoms with Gasteiger partial charge in [-0.25, -0.2) is 18.4 Å². The number of rotatable bonds is 2. The predicted molar refractivity (Wildman–Crippen MR) is 76.0 cm³/mol. The molecule has 2 aromatic rings. The van der Waals surface area contributed by atoms with Crippen molar-refractivity contribution in [3.05, 3.63) is 48.2 Å². The van der Waals surface area contributed by atoms with Crippen molar-refractivity contribution in [3.63, 3.8) is 0 Å². The number of nitrogens with two attached hydrogens (primary N) is 1. The van der Waals surface area contributed by atoms with Gasteiger partial charge in [0.2, 0.25) is 0 Å². The summed E-state index contributed by atoms with van der Waals surface area (Å²) in [6, 6.07) is 10.0. The molecule has 2 N–H and O–H groups in total. The van der Waals surface area contributed by atoms with Crippen molar-refractivity contribution >= 4 is 27.9 Å². The Balaban J connectivity index is 1.98. The number of aromatic nitrogens is 1. The molecule has 0 bridgehead atoms. The fourth-order valence-electron chi connectivity index (χ4n) is 2.00. The fourth-order valence-corrected chi connectivity index (χ4v) is 3.37. The summed E-state index contributed by atoms with van der Waals surface area (Å²) in [5.74, 6) is 0.356. The molecule has 0 amide bonds. The largest absolute Gasteiger partial charge is 0.384 e. The highest BCUT2D eigenvalue weighted by molar-refractivity contribution is 7.89. The molecule has 3 rings (SSSR count). The minimum absolute atomic E-state index is 0.173. The van der Waals surface area contributed by atoms with Crippen LogP contribution >= 0.6 is 0 Å². The minimum atomic E-state index is -3.57. The first-order valence-corrected chi connectivity index (χ1v) is 7.37. The van der Waals surface area contributed by atoms with E-state index >= 15 is 0 Å². The molecule has 0 spiro atoms. The molecule has 1 aromatic carbocycles. The van der Waals surface area contributed by atoms with Gasteiger partial charge < -0.3 is 5.73 Å². The first-order valence-electron chi connectivity index (χ1n) is 5.93. The van der Waals surface area contributed by atoms with Crippen LogP contribution in [-0.4, -0.2) is 24.0 Å². The van der Waals surface area contributed by atoms with Crippen molar-refractivity contribution in [1.82, 2.24) is 9.29 Å². The molecule has 1 aromatic heterocycles. The number of hydrogen-bond donors (Lipinski definition) is 1. The van der Waals surface area contributed by atoms with Gasteiger partial charge in [0.1, 0.15) is 17.1 Å². The molecular formula is C13H12N4O2S. The van der Waals surface area contributed by atoms with Crippen LogP contribution in [0, 0.1) is 0 Å². The van der Waals surface area contributed by atoms with Crippen molar-refractivity contribution < 1.29 is 8.42 Å². The maximum absolute atomic E-state index is 12.5. The summed E-state index contributed by atoms with van der Waals surface area (Å²) >= 11 is 0. The number of pyridine rings is 1. The van der Waals surface area contributed by atoms with E-state index in [2.05, 4.69) is 9.98 Å². The highest BCUT2D eigenvalue weighted by atomic mass is 32.2. The Morgan fingerprint density at radius 1 is 1.20 bits per heavy atom. The number of benzene rings is 1. The zero-order valence-electron chi connectivity index (χ0n) is 10.5.